The van der Waals surface area contributed by atoms with Crippen LogP contribution in [0, 0.1) is 0 Å². The van der Waals surface area contributed by atoms with Gasteiger partial charge in [0.2, 0.25) is 11.8 Å². The fourth-order valence-corrected chi connectivity index (χ4v) is 6.63. The Kier molecular flexibility index (Phi) is 13.9. The fourth-order valence-electron chi connectivity index (χ4n) is 6.11. The van der Waals surface area contributed by atoms with Crippen molar-refractivity contribution in [2.75, 3.05) is 19.7 Å². The van der Waals surface area contributed by atoms with Crippen LogP contribution in [0.5, 0.6) is 5.75 Å². The number of benzene rings is 2. The number of hydrogen-bond acceptors (Lipinski definition) is 10. The van der Waals surface area contributed by atoms with Gasteiger partial charge in [0.1, 0.15) is 30.2 Å². The number of aliphatic hydroxyl groups is 5. The van der Waals surface area contributed by atoms with Crippen LogP contribution in [0.25, 0.3) is 11.1 Å². The van der Waals surface area contributed by atoms with E-state index in [9.17, 15) is 30.0 Å². The van der Waals surface area contributed by atoms with E-state index in [0.717, 1.165) is 59.3 Å². The standard InChI is InChI=1S/C38H47Cl2N3O9/c39-29-18-24(22-51-38(13-14-38)28-19-42-15-11-26(28)27-6-2-3-7-33(27)52-25-9-10-25)30(40)17-23(29)5-1-4-8-35(48)43(16-12-34(41)47)20-31(45)36(49)37(50)32(46)21-44/h2-3,6-7,11,15,17-19,25,31-32,36-37,44-46,49-50H,1,4-5,8-10,12-14,16,20-22H2,(H2,41,47)/t31-,32+,36+,37+/m0/s1. The van der Waals surface area contributed by atoms with Crippen molar-refractivity contribution in [3.05, 3.63) is 81.6 Å². The highest BCUT2D eigenvalue weighted by Crippen LogP contribution is 2.53. The Morgan fingerprint density at radius 2 is 1.63 bits per heavy atom. The van der Waals surface area contributed by atoms with Gasteiger partial charge < -0.3 is 45.6 Å². The zero-order valence-electron chi connectivity index (χ0n) is 28.9. The van der Waals surface area contributed by atoms with Crippen LogP contribution in [-0.2, 0) is 33.0 Å². The Hall–Kier alpha value is -3.33. The molecule has 0 radical (unpaired) electrons. The second kappa shape index (κ2) is 18.1. The van der Waals surface area contributed by atoms with Crippen LogP contribution in [0.15, 0.2) is 54.9 Å². The van der Waals surface area contributed by atoms with E-state index in [0.29, 0.717) is 29.3 Å². The lowest BCUT2D eigenvalue weighted by Gasteiger charge is -2.30. The van der Waals surface area contributed by atoms with Crippen molar-refractivity contribution in [2.24, 2.45) is 5.73 Å². The molecule has 2 fully saturated rings. The lowest BCUT2D eigenvalue weighted by atomic mass is 9.96. The lowest BCUT2D eigenvalue weighted by molar-refractivity contribution is -0.140. The van der Waals surface area contributed by atoms with Crippen LogP contribution >= 0.6 is 23.2 Å². The number of carbonyl (C=O) groups excluding carboxylic acids is 2. The maximum Gasteiger partial charge on any atom is 0.222 e. The van der Waals surface area contributed by atoms with Crippen LogP contribution in [0.4, 0.5) is 0 Å². The molecule has 2 saturated carbocycles. The number of carbonyl (C=O) groups is 2. The molecule has 0 spiro atoms. The number of primary amides is 1. The molecule has 0 unspecified atom stereocenters. The summed E-state index contributed by atoms with van der Waals surface area (Å²) in [5, 5.41) is 50.2. The molecule has 2 aromatic carbocycles. The van der Waals surface area contributed by atoms with E-state index in [1.165, 1.54) is 4.90 Å². The van der Waals surface area contributed by atoms with E-state index in [1.54, 1.807) is 6.20 Å². The monoisotopic (exact) mass is 759 g/mol. The number of halogens is 2. The number of ether oxygens (including phenoxy) is 2. The number of pyridine rings is 1. The summed E-state index contributed by atoms with van der Waals surface area (Å²) in [6.07, 6.45) is 2.16. The summed E-state index contributed by atoms with van der Waals surface area (Å²) < 4.78 is 12.8. The van der Waals surface area contributed by atoms with Gasteiger partial charge in [0.15, 0.2) is 0 Å². The van der Waals surface area contributed by atoms with Gasteiger partial charge in [0.05, 0.1) is 24.9 Å². The van der Waals surface area contributed by atoms with Crippen molar-refractivity contribution < 1.29 is 44.6 Å². The Morgan fingerprint density at radius 1 is 0.942 bits per heavy atom. The molecule has 1 heterocycles. The summed E-state index contributed by atoms with van der Waals surface area (Å²) in [6.45, 7) is -1.10. The van der Waals surface area contributed by atoms with E-state index in [2.05, 4.69) is 11.1 Å². The quantitative estimate of drug-likeness (QED) is 0.0873. The summed E-state index contributed by atoms with van der Waals surface area (Å²) in [5.41, 5.74) is 9.36. The van der Waals surface area contributed by atoms with E-state index in [4.69, 9.17) is 43.5 Å². The second-order valence-electron chi connectivity index (χ2n) is 13.6. The summed E-state index contributed by atoms with van der Waals surface area (Å²) in [7, 11) is 0. The third-order valence-electron chi connectivity index (χ3n) is 9.53. The van der Waals surface area contributed by atoms with Gasteiger partial charge in [-0.25, -0.2) is 0 Å². The minimum Gasteiger partial charge on any atom is -0.490 e. The molecule has 282 valence electrons. The first-order valence-electron chi connectivity index (χ1n) is 17.6. The molecule has 2 aliphatic rings. The molecule has 2 aliphatic carbocycles. The van der Waals surface area contributed by atoms with E-state index < -0.39 is 55.0 Å². The SMILES string of the molecule is NC(=O)CCN(C[C@H](O)[C@@H](O)[C@H](O)[C@H](O)CO)C(=O)CCCCc1cc(Cl)c(COC2(c3cnccc3-c3ccccc3OC3CC3)CC2)cc1Cl. The Bertz CT molecular complexity index is 1690. The molecule has 2 amide bonds. The number of unbranched alkanes of at least 4 members (excludes halogenated alkanes) is 1. The number of nitrogens with zero attached hydrogens (tertiary/aromatic N) is 2. The van der Waals surface area contributed by atoms with Gasteiger partial charge in [-0.05, 0) is 85.9 Å². The number of aromatic nitrogens is 1. The zero-order valence-corrected chi connectivity index (χ0v) is 30.4. The Labute approximate surface area is 313 Å². The minimum absolute atomic E-state index is 0.0657. The van der Waals surface area contributed by atoms with Crippen LogP contribution in [0.3, 0.4) is 0 Å². The van der Waals surface area contributed by atoms with Crippen LogP contribution < -0.4 is 10.5 Å². The molecule has 0 aliphatic heterocycles. The van der Waals surface area contributed by atoms with E-state index >= 15 is 0 Å². The number of para-hydroxylation sites is 1. The van der Waals surface area contributed by atoms with Crippen LogP contribution in [0.1, 0.15) is 68.1 Å². The van der Waals surface area contributed by atoms with Crippen molar-refractivity contribution in [3.8, 4) is 16.9 Å². The first-order valence-corrected chi connectivity index (χ1v) is 18.4. The fraction of sp³-hybridized carbons (Fsp3) is 0.500. The van der Waals surface area contributed by atoms with Crippen molar-refractivity contribution in [1.29, 1.82) is 0 Å². The van der Waals surface area contributed by atoms with Crippen molar-refractivity contribution in [1.82, 2.24) is 9.88 Å². The van der Waals surface area contributed by atoms with Gasteiger partial charge in [0.25, 0.3) is 0 Å². The van der Waals surface area contributed by atoms with Gasteiger partial charge >= 0.3 is 0 Å². The smallest absolute Gasteiger partial charge is 0.222 e. The highest BCUT2D eigenvalue weighted by atomic mass is 35.5. The van der Waals surface area contributed by atoms with Crippen molar-refractivity contribution >= 4 is 35.0 Å². The number of amides is 2. The van der Waals surface area contributed by atoms with Crippen molar-refractivity contribution in [2.45, 2.75) is 101 Å². The molecule has 12 nitrogen and oxygen atoms in total. The molecular formula is C38H47Cl2N3O9. The summed E-state index contributed by atoms with van der Waals surface area (Å²) in [4.78, 5) is 30.0. The summed E-state index contributed by atoms with van der Waals surface area (Å²) in [5.74, 6) is -0.196. The van der Waals surface area contributed by atoms with E-state index in [1.807, 2.05) is 42.6 Å². The number of aliphatic hydroxyl groups excluding tert-OH is 5. The van der Waals surface area contributed by atoms with Gasteiger partial charge in [0, 0.05) is 59.5 Å². The third kappa shape index (κ3) is 10.4. The molecule has 1 aromatic heterocycles. The normalized spacial score (nSPS) is 17.2. The highest BCUT2D eigenvalue weighted by molar-refractivity contribution is 6.34. The van der Waals surface area contributed by atoms with Gasteiger partial charge in [-0.2, -0.15) is 0 Å². The molecule has 5 rings (SSSR count). The van der Waals surface area contributed by atoms with E-state index in [-0.39, 0.29) is 32.1 Å². The van der Waals surface area contributed by atoms with Gasteiger partial charge in [-0.1, -0.05) is 41.4 Å². The van der Waals surface area contributed by atoms with Gasteiger partial charge in [-0.3, -0.25) is 14.6 Å². The van der Waals surface area contributed by atoms with Crippen LogP contribution in [0.2, 0.25) is 10.0 Å². The molecule has 7 N–H and O–H groups in total. The molecule has 52 heavy (non-hydrogen) atoms. The summed E-state index contributed by atoms with van der Waals surface area (Å²) >= 11 is 13.4. The molecule has 14 heteroatoms. The number of hydrogen-bond donors (Lipinski definition) is 6. The second-order valence-corrected chi connectivity index (χ2v) is 14.4. The summed E-state index contributed by atoms with van der Waals surface area (Å²) in [6, 6.07) is 13.7. The first-order chi connectivity index (χ1) is 24.9. The Morgan fingerprint density at radius 3 is 2.33 bits per heavy atom. The van der Waals surface area contributed by atoms with Crippen LogP contribution in [-0.4, -0.2) is 97.4 Å². The zero-order chi connectivity index (χ0) is 37.4. The third-order valence-corrected chi connectivity index (χ3v) is 10.2. The number of aryl methyl sites for hydroxylation is 1. The topological polar surface area (TPSA) is 196 Å². The predicted molar refractivity (Wildman–Crippen MR) is 195 cm³/mol. The average molecular weight is 761 g/mol. The molecule has 0 saturated heterocycles. The number of nitrogens with two attached hydrogens (primary N) is 1. The van der Waals surface area contributed by atoms with Crippen molar-refractivity contribution in [3.63, 3.8) is 0 Å². The lowest BCUT2D eigenvalue weighted by Crippen LogP contribution is -2.51. The average Bonchev–Trinajstić information content (AvgIpc) is 4.09. The predicted octanol–water partition coefficient (Wildman–Crippen LogP) is 3.66. The molecule has 0 bridgehead atoms. The highest BCUT2D eigenvalue weighted by Gasteiger charge is 2.48. The minimum atomic E-state index is -1.84. The van der Waals surface area contributed by atoms with Gasteiger partial charge in [-0.15, -0.1) is 0 Å². The first kappa shape index (κ1) is 39.9. The maximum atomic E-state index is 13.0. The largest absolute Gasteiger partial charge is 0.490 e. The Balaban J connectivity index is 1.16. The number of rotatable bonds is 21. The molecule has 3 aromatic rings. The molecular weight excluding hydrogens is 713 g/mol. The molecule has 4 atom stereocenters. The maximum absolute atomic E-state index is 13.0.